The van der Waals surface area contributed by atoms with Crippen LogP contribution in [-0.2, 0) is 4.79 Å². The lowest BCUT2D eigenvalue weighted by atomic mass is 9.87. The predicted molar refractivity (Wildman–Crippen MR) is 62.7 cm³/mol. The molecular weight excluding hydrogens is 188 g/mol. The normalized spacial score (nSPS) is 19.9. The molecule has 1 aliphatic carbocycles. The molecule has 0 aromatic rings. The van der Waals surface area contributed by atoms with Gasteiger partial charge in [0.05, 0.1) is 6.04 Å². The van der Waals surface area contributed by atoms with Gasteiger partial charge in [-0.2, -0.15) is 0 Å². The molecule has 0 saturated heterocycles. The minimum absolute atomic E-state index is 0.0728. The van der Waals surface area contributed by atoms with E-state index in [0.717, 1.165) is 18.9 Å². The van der Waals surface area contributed by atoms with Crippen LogP contribution in [-0.4, -0.2) is 25.5 Å². The Morgan fingerprint density at radius 1 is 1.33 bits per heavy atom. The molecule has 0 heterocycles. The zero-order valence-corrected chi connectivity index (χ0v) is 10.0. The van der Waals surface area contributed by atoms with Crippen molar-refractivity contribution in [3.63, 3.8) is 0 Å². The van der Waals surface area contributed by atoms with Crippen LogP contribution in [0.2, 0.25) is 0 Å². The van der Waals surface area contributed by atoms with Gasteiger partial charge < -0.3 is 10.6 Å². The Bertz CT molecular complexity index is 188. The minimum atomic E-state index is -0.0728. The summed E-state index contributed by atoms with van der Waals surface area (Å²) in [6, 6.07) is -0.0728. The molecule has 0 aromatic carbocycles. The van der Waals surface area contributed by atoms with E-state index >= 15 is 0 Å². The summed E-state index contributed by atoms with van der Waals surface area (Å²) < 4.78 is 0. The van der Waals surface area contributed by atoms with Crippen molar-refractivity contribution in [1.82, 2.24) is 10.6 Å². The first-order chi connectivity index (χ1) is 7.24. The standard InChI is InChI=1S/C12H24N2O/c1-10(13-2)12(15)14-9-8-11-6-4-3-5-7-11/h10-11,13H,3-9H2,1-2H3,(H,14,15). The summed E-state index contributed by atoms with van der Waals surface area (Å²) in [5.41, 5.74) is 0. The second-order valence-corrected chi connectivity index (χ2v) is 4.59. The van der Waals surface area contributed by atoms with E-state index in [-0.39, 0.29) is 11.9 Å². The van der Waals surface area contributed by atoms with Gasteiger partial charge in [-0.3, -0.25) is 4.79 Å². The van der Waals surface area contributed by atoms with E-state index in [2.05, 4.69) is 10.6 Å². The van der Waals surface area contributed by atoms with Crippen molar-refractivity contribution in [2.45, 2.75) is 51.5 Å². The molecule has 3 nitrogen and oxygen atoms in total. The first kappa shape index (κ1) is 12.5. The van der Waals surface area contributed by atoms with Crippen molar-refractivity contribution >= 4 is 5.91 Å². The van der Waals surface area contributed by atoms with E-state index in [1.54, 1.807) is 0 Å². The predicted octanol–water partition coefficient (Wildman–Crippen LogP) is 1.68. The summed E-state index contributed by atoms with van der Waals surface area (Å²) >= 11 is 0. The third-order valence-electron chi connectivity index (χ3n) is 3.40. The van der Waals surface area contributed by atoms with Crippen LogP contribution in [0.3, 0.4) is 0 Å². The van der Waals surface area contributed by atoms with Crippen LogP contribution >= 0.6 is 0 Å². The average Bonchev–Trinajstić information content (AvgIpc) is 2.29. The molecule has 0 spiro atoms. The van der Waals surface area contributed by atoms with Gasteiger partial charge in [-0.15, -0.1) is 0 Å². The highest BCUT2D eigenvalue weighted by Gasteiger charge is 2.14. The van der Waals surface area contributed by atoms with Crippen molar-refractivity contribution in [2.75, 3.05) is 13.6 Å². The molecule has 0 aromatic heterocycles. The van der Waals surface area contributed by atoms with Gasteiger partial charge in [0.15, 0.2) is 0 Å². The van der Waals surface area contributed by atoms with Crippen LogP contribution in [0.5, 0.6) is 0 Å². The molecule has 1 atom stereocenters. The highest BCUT2D eigenvalue weighted by Crippen LogP contribution is 2.25. The lowest BCUT2D eigenvalue weighted by Gasteiger charge is -2.21. The van der Waals surface area contributed by atoms with Crippen LogP contribution in [0, 0.1) is 5.92 Å². The van der Waals surface area contributed by atoms with Crippen LogP contribution in [0.1, 0.15) is 45.4 Å². The van der Waals surface area contributed by atoms with Gasteiger partial charge in [-0.05, 0) is 26.3 Å². The summed E-state index contributed by atoms with van der Waals surface area (Å²) in [6.45, 7) is 2.73. The third kappa shape index (κ3) is 4.65. The molecule has 88 valence electrons. The van der Waals surface area contributed by atoms with Gasteiger partial charge in [0.1, 0.15) is 0 Å². The van der Waals surface area contributed by atoms with Crippen molar-refractivity contribution in [1.29, 1.82) is 0 Å². The highest BCUT2D eigenvalue weighted by atomic mass is 16.2. The number of nitrogens with one attached hydrogen (secondary N) is 2. The van der Waals surface area contributed by atoms with Crippen molar-refractivity contribution < 1.29 is 4.79 Å². The number of likely N-dealkylation sites (N-methyl/N-ethyl adjacent to an activating group) is 1. The van der Waals surface area contributed by atoms with E-state index in [0.29, 0.717) is 0 Å². The van der Waals surface area contributed by atoms with Crippen molar-refractivity contribution in [3.05, 3.63) is 0 Å². The summed E-state index contributed by atoms with van der Waals surface area (Å²) in [4.78, 5) is 11.4. The highest BCUT2D eigenvalue weighted by molar-refractivity contribution is 5.81. The zero-order valence-electron chi connectivity index (χ0n) is 10.0. The number of hydrogen-bond donors (Lipinski definition) is 2. The smallest absolute Gasteiger partial charge is 0.236 e. The number of rotatable bonds is 5. The molecule has 15 heavy (non-hydrogen) atoms. The van der Waals surface area contributed by atoms with Gasteiger partial charge in [0.2, 0.25) is 5.91 Å². The molecule has 0 bridgehead atoms. The lowest BCUT2D eigenvalue weighted by molar-refractivity contribution is -0.122. The topological polar surface area (TPSA) is 41.1 Å². The van der Waals surface area contributed by atoms with E-state index in [4.69, 9.17) is 0 Å². The van der Waals surface area contributed by atoms with Crippen molar-refractivity contribution in [3.8, 4) is 0 Å². The summed E-state index contributed by atoms with van der Waals surface area (Å²) in [5, 5.41) is 5.92. The van der Waals surface area contributed by atoms with Gasteiger partial charge in [-0.1, -0.05) is 32.1 Å². The van der Waals surface area contributed by atoms with E-state index in [1.165, 1.54) is 32.1 Å². The number of amides is 1. The first-order valence-electron chi connectivity index (χ1n) is 6.19. The van der Waals surface area contributed by atoms with Crippen LogP contribution in [0.4, 0.5) is 0 Å². The Hall–Kier alpha value is -0.570. The maximum atomic E-state index is 11.4. The molecule has 0 aliphatic heterocycles. The van der Waals surface area contributed by atoms with Crippen LogP contribution in [0.15, 0.2) is 0 Å². The Labute approximate surface area is 93.0 Å². The summed E-state index contributed by atoms with van der Waals surface area (Å²) in [6.07, 6.45) is 8.04. The second kappa shape index (κ2) is 6.83. The number of carbonyl (C=O) groups excluding carboxylic acids is 1. The maximum Gasteiger partial charge on any atom is 0.236 e. The fourth-order valence-corrected chi connectivity index (χ4v) is 2.16. The Morgan fingerprint density at radius 3 is 2.60 bits per heavy atom. The zero-order chi connectivity index (χ0) is 11.1. The van der Waals surface area contributed by atoms with E-state index in [9.17, 15) is 4.79 Å². The van der Waals surface area contributed by atoms with Crippen LogP contribution < -0.4 is 10.6 Å². The fraction of sp³-hybridized carbons (Fsp3) is 0.917. The molecule has 3 heteroatoms. The largest absolute Gasteiger partial charge is 0.355 e. The molecule has 1 saturated carbocycles. The molecule has 1 amide bonds. The molecule has 1 fully saturated rings. The van der Waals surface area contributed by atoms with E-state index < -0.39 is 0 Å². The number of hydrogen-bond acceptors (Lipinski definition) is 2. The molecule has 1 aliphatic rings. The molecule has 2 N–H and O–H groups in total. The SMILES string of the molecule is CNC(C)C(=O)NCCC1CCCCC1. The van der Waals surface area contributed by atoms with Gasteiger partial charge >= 0.3 is 0 Å². The Kier molecular flexibility index (Phi) is 5.69. The maximum absolute atomic E-state index is 11.4. The van der Waals surface area contributed by atoms with Gasteiger partial charge in [0, 0.05) is 6.54 Å². The quantitative estimate of drug-likeness (QED) is 0.728. The van der Waals surface area contributed by atoms with Crippen LogP contribution in [0.25, 0.3) is 0 Å². The molecule has 1 rings (SSSR count). The second-order valence-electron chi connectivity index (χ2n) is 4.59. The first-order valence-corrected chi connectivity index (χ1v) is 6.19. The molecular formula is C12H24N2O. The average molecular weight is 212 g/mol. The third-order valence-corrected chi connectivity index (χ3v) is 3.40. The van der Waals surface area contributed by atoms with Gasteiger partial charge in [-0.25, -0.2) is 0 Å². The number of carbonyl (C=O) groups is 1. The summed E-state index contributed by atoms with van der Waals surface area (Å²) in [5.74, 6) is 0.970. The van der Waals surface area contributed by atoms with Gasteiger partial charge in [0.25, 0.3) is 0 Å². The Morgan fingerprint density at radius 2 is 2.00 bits per heavy atom. The summed E-state index contributed by atoms with van der Waals surface area (Å²) in [7, 11) is 1.81. The molecule has 0 radical (unpaired) electrons. The Balaban J connectivity index is 2.07. The monoisotopic (exact) mass is 212 g/mol. The minimum Gasteiger partial charge on any atom is -0.355 e. The fourth-order valence-electron chi connectivity index (χ4n) is 2.16. The molecule has 1 unspecified atom stereocenters. The van der Waals surface area contributed by atoms with Crippen molar-refractivity contribution in [2.24, 2.45) is 5.92 Å². The lowest BCUT2D eigenvalue weighted by Crippen LogP contribution is -2.41. The van der Waals surface area contributed by atoms with E-state index in [1.807, 2.05) is 14.0 Å².